The first-order chi connectivity index (χ1) is 16.2. The Morgan fingerprint density at radius 3 is 2.79 bits per heavy atom. The van der Waals surface area contributed by atoms with Crippen LogP contribution in [-0.2, 0) is 17.1 Å². The molecule has 1 amide bonds. The molecule has 1 aromatic carbocycles. The number of nitrogens with zero attached hydrogens (tertiary/aromatic N) is 3. The number of furan rings is 1. The van der Waals surface area contributed by atoms with Crippen molar-refractivity contribution in [1.82, 2.24) is 20.4 Å². The van der Waals surface area contributed by atoms with Crippen LogP contribution in [0.4, 0.5) is 0 Å². The summed E-state index contributed by atoms with van der Waals surface area (Å²) in [6.45, 7) is 3.01. The number of ether oxygens (including phenoxy) is 1. The Hall–Kier alpha value is -2.78. The highest BCUT2D eigenvalue weighted by Crippen LogP contribution is 2.22. The summed E-state index contributed by atoms with van der Waals surface area (Å²) in [5.41, 5.74) is 0.889. The number of carbonyl (C=O) groups is 1. The van der Waals surface area contributed by atoms with Crippen LogP contribution < -0.4 is 10.1 Å². The fourth-order valence-corrected chi connectivity index (χ4v) is 4.68. The summed E-state index contributed by atoms with van der Waals surface area (Å²) in [5.74, 6) is 5.08. The summed E-state index contributed by atoms with van der Waals surface area (Å²) < 4.78 is 15.9. The fourth-order valence-electron chi connectivity index (χ4n) is 3.82. The highest BCUT2D eigenvalue weighted by Gasteiger charge is 2.25. The Bertz CT molecular complexity index is 982. The maximum atomic E-state index is 12.5. The fraction of sp³-hybridized carbons (Fsp3) is 0.458. The molecule has 1 aliphatic rings. The van der Waals surface area contributed by atoms with Gasteiger partial charge in [0, 0.05) is 18.0 Å². The average molecular weight is 471 g/mol. The highest BCUT2D eigenvalue weighted by atomic mass is 32.2. The minimum atomic E-state index is 0.0783. The Morgan fingerprint density at radius 1 is 1.24 bits per heavy atom. The van der Waals surface area contributed by atoms with Crippen molar-refractivity contribution in [3.8, 4) is 17.1 Å². The van der Waals surface area contributed by atoms with E-state index in [4.69, 9.17) is 13.7 Å². The molecule has 1 aliphatic heterocycles. The number of aromatic nitrogens is 2. The molecule has 1 fully saturated rings. The molecule has 0 atom stereocenters. The molecular formula is C24H30N4O4S. The molecule has 2 aromatic heterocycles. The summed E-state index contributed by atoms with van der Waals surface area (Å²) in [6.07, 6.45) is 4.35. The summed E-state index contributed by atoms with van der Waals surface area (Å²) in [6, 6.07) is 11.5. The lowest BCUT2D eigenvalue weighted by molar-refractivity contribution is -0.126. The van der Waals surface area contributed by atoms with Crippen molar-refractivity contribution in [2.75, 3.05) is 32.5 Å². The third kappa shape index (κ3) is 6.85. The van der Waals surface area contributed by atoms with Gasteiger partial charge in [0.25, 0.3) is 0 Å². The van der Waals surface area contributed by atoms with Crippen LogP contribution in [0, 0.1) is 5.92 Å². The van der Waals surface area contributed by atoms with E-state index in [0.717, 1.165) is 67.5 Å². The van der Waals surface area contributed by atoms with Crippen molar-refractivity contribution >= 4 is 17.7 Å². The molecule has 0 spiro atoms. The van der Waals surface area contributed by atoms with Crippen LogP contribution in [-0.4, -0.2) is 53.4 Å². The first kappa shape index (κ1) is 23.4. The third-order valence-corrected chi connectivity index (χ3v) is 6.79. The molecule has 1 saturated heterocycles. The van der Waals surface area contributed by atoms with Crippen LogP contribution in [0.5, 0.6) is 5.75 Å². The smallest absolute Gasteiger partial charge is 0.241 e. The van der Waals surface area contributed by atoms with Gasteiger partial charge in [-0.2, -0.15) is 16.7 Å². The monoisotopic (exact) mass is 470 g/mol. The van der Waals surface area contributed by atoms with Crippen LogP contribution in [0.25, 0.3) is 11.4 Å². The van der Waals surface area contributed by atoms with Gasteiger partial charge in [-0.15, -0.1) is 0 Å². The van der Waals surface area contributed by atoms with Crippen LogP contribution in [0.1, 0.15) is 30.9 Å². The van der Waals surface area contributed by atoms with Crippen LogP contribution in [0.2, 0.25) is 0 Å². The quantitative estimate of drug-likeness (QED) is 0.421. The zero-order chi connectivity index (χ0) is 22.9. The molecule has 3 aromatic rings. The van der Waals surface area contributed by atoms with E-state index >= 15 is 0 Å². The van der Waals surface area contributed by atoms with Gasteiger partial charge in [0.05, 0.1) is 25.7 Å². The lowest BCUT2D eigenvalue weighted by Crippen LogP contribution is -2.40. The van der Waals surface area contributed by atoms with Gasteiger partial charge < -0.3 is 19.0 Å². The minimum Gasteiger partial charge on any atom is -0.497 e. The zero-order valence-electron chi connectivity index (χ0n) is 18.9. The molecule has 9 heteroatoms. The van der Waals surface area contributed by atoms with E-state index in [9.17, 15) is 4.79 Å². The molecule has 0 aliphatic carbocycles. The van der Waals surface area contributed by atoms with Gasteiger partial charge in [0.15, 0.2) is 0 Å². The van der Waals surface area contributed by atoms with E-state index < -0.39 is 0 Å². The van der Waals surface area contributed by atoms with Gasteiger partial charge in [0.1, 0.15) is 11.5 Å². The average Bonchev–Trinajstić information content (AvgIpc) is 3.54. The molecule has 4 rings (SSSR count). The number of hydrogen-bond acceptors (Lipinski definition) is 8. The van der Waals surface area contributed by atoms with Gasteiger partial charge in [-0.05, 0) is 74.5 Å². The second-order valence-electron chi connectivity index (χ2n) is 8.07. The highest BCUT2D eigenvalue weighted by molar-refractivity contribution is 7.98. The number of carbonyl (C=O) groups excluding carboxylic acids is 1. The summed E-state index contributed by atoms with van der Waals surface area (Å²) in [5, 5.41) is 7.19. The molecule has 176 valence electrons. The molecule has 33 heavy (non-hydrogen) atoms. The SMILES string of the molecule is COc1ccc(-c2noc(CN3CCC(C(=O)NCCCSCc4ccco4)CC3)n2)cc1. The Kier molecular flexibility index (Phi) is 8.43. The van der Waals surface area contributed by atoms with Gasteiger partial charge >= 0.3 is 0 Å². The number of rotatable bonds is 11. The van der Waals surface area contributed by atoms with Gasteiger partial charge in [0.2, 0.25) is 17.6 Å². The second-order valence-corrected chi connectivity index (χ2v) is 9.17. The molecule has 0 unspecified atom stereocenters. The van der Waals surface area contributed by atoms with Crippen molar-refractivity contribution in [3.05, 3.63) is 54.3 Å². The largest absolute Gasteiger partial charge is 0.497 e. The summed E-state index contributed by atoms with van der Waals surface area (Å²) in [7, 11) is 1.64. The second kappa shape index (κ2) is 11.9. The van der Waals surface area contributed by atoms with E-state index in [1.165, 1.54) is 0 Å². The topological polar surface area (TPSA) is 93.6 Å². The van der Waals surface area contributed by atoms with Crippen LogP contribution in [0.15, 0.2) is 51.6 Å². The number of thioether (sulfide) groups is 1. The number of piperidine rings is 1. The van der Waals surface area contributed by atoms with E-state index in [1.807, 2.05) is 48.2 Å². The van der Waals surface area contributed by atoms with E-state index in [1.54, 1.807) is 13.4 Å². The van der Waals surface area contributed by atoms with Crippen molar-refractivity contribution in [3.63, 3.8) is 0 Å². The van der Waals surface area contributed by atoms with Crippen LogP contribution in [0.3, 0.4) is 0 Å². The number of methoxy groups -OCH3 is 1. The van der Waals surface area contributed by atoms with E-state index in [0.29, 0.717) is 18.3 Å². The number of likely N-dealkylation sites (tertiary alicyclic amines) is 1. The molecule has 0 saturated carbocycles. The number of nitrogens with one attached hydrogen (secondary N) is 1. The lowest BCUT2D eigenvalue weighted by Gasteiger charge is -2.30. The molecular weight excluding hydrogens is 440 g/mol. The van der Waals surface area contributed by atoms with Crippen molar-refractivity contribution in [2.24, 2.45) is 5.92 Å². The lowest BCUT2D eigenvalue weighted by atomic mass is 9.96. The predicted octanol–water partition coefficient (Wildman–Crippen LogP) is 3.99. The number of amides is 1. The third-order valence-electron chi connectivity index (χ3n) is 5.72. The van der Waals surface area contributed by atoms with Crippen LogP contribution >= 0.6 is 11.8 Å². The molecule has 3 heterocycles. The predicted molar refractivity (Wildman–Crippen MR) is 127 cm³/mol. The van der Waals surface area contributed by atoms with Crippen molar-refractivity contribution in [2.45, 2.75) is 31.6 Å². The van der Waals surface area contributed by atoms with Crippen molar-refractivity contribution < 1.29 is 18.5 Å². The summed E-state index contributed by atoms with van der Waals surface area (Å²) in [4.78, 5) is 19.3. The normalized spacial score (nSPS) is 14.9. The number of benzene rings is 1. The van der Waals surface area contributed by atoms with Crippen molar-refractivity contribution in [1.29, 1.82) is 0 Å². The first-order valence-electron chi connectivity index (χ1n) is 11.3. The van der Waals surface area contributed by atoms with E-state index in [2.05, 4.69) is 20.4 Å². The Morgan fingerprint density at radius 2 is 2.06 bits per heavy atom. The minimum absolute atomic E-state index is 0.0783. The Balaban J connectivity index is 1.12. The molecule has 8 nitrogen and oxygen atoms in total. The first-order valence-corrected chi connectivity index (χ1v) is 12.4. The molecule has 0 bridgehead atoms. The van der Waals surface area contributed by atoms with Gasteiger partial charge in [-0.1, -0.05) is 5.16 Å². The summed E-state index contributed by atoms with van der Waals surface area (Å²) >= 11 is 1.82. The molecule has 0 radical (unpaired) electrons. The molecule has 1 N–H and O–H groups in total. The van der Waals surface area contributed by atoms with E-state index in [-0.39, 0.29) is 11.8 Å². The van der Waals surface area contributed by atoms with Gasteiger partial charge in [-0.25, -0.2) is 0 Å². The number of hydrogen-bond donors (Lipinski definition) is 1. The van der Waals surface area contributed by atoms with Gasteiger partial charge in [-0.3, -0.25) is 9.69 Å². The zero-order valence-corrected chi connectivity index (χ0v) is 19.7. The maximum Gasteiger partial charge on any atom is 0.241 e. The standard InChI is InChI=1S/C24H30N4O4S/c1-30-20-7-5-18(6-8-20)23-26-22(32-27-23)16-28-12-9-19(10-13-28)24(29)25-11-3-15-33-17-21-4-2-14-31-21/h2,4-8,14,19H,3,9-13,15-17H2,1H3,(H,25,29). The Labute approximate surface area is 198 Å². The maximum absolute atomic E-state index is 12.5.